The van der Waals surface area contributed by atoms with Crippen LogP contribution in [0, 0.1) is 11.8 Å². The number of likely N-dealkylation sites (N-methyl/N-ethyl adjacent to an activating group) is 1. The van der Waals surface area contributed by atoms with Crippen molar-refractivity contribution in [2.24, 2.45) is 17.6 Å². The van der Waals surface area contributed by atoms with Crippen LogP contribution in [0.25, 0.3) is 11.1 Å². The van der Waals surface area contributed by atoms with Crippen LogP contribution in [-0.2, 0) is 16.0 Å². The number of Topliss-reactive ketones (excluding diaryl/α,β-unsaturated/α-hetero) is 2. The maximum Gasteiger partial charge on any atom is 0.291 e. The van der Waals surface area contributed by atoms with Gasteiger partial charge in [-0.05, 0) is 79.9 Å². The van der Waals surface area contributed by atoms with Crippen LogP contribution in [0.15, 0.2) is 81.9 Å². The van der Waals surface area contributed by atoms with Gasteiger partial charge < -0.3 is 35.9 Å². The number of allylic oxidation sites excluding steroid dienone is 1. The molecule has 2 aromatic carbocycles. The number of aromatic hydroxyl groups is 1. The molecule has 6 rings (SSSR count). The number of phenols is 1. The van der Waals surface area contributed by atoms with Gasteiger partial charge in [0.15, 0.2) is 17.1 Å². The van der Waals surface area contributed by atoms with Crippen molar-refractivity contribution in [3.05, 3.63) is 94.3 Å². The number of nitrogens with zero attached hydrogens (tertiary/aromatic N) is 1. The standard InChI is InChI=1S/C32H29N3O9/c1-35(2)25-19-13-15-12-18-17(14-5-7-16(8-6-14)34-31(42)21-4-3-11-44-21)9-10-20(36)23(18)26(37)22(15)28(39)32(19,43)29(40)24(27(25)38)30(33)41/h3-11,15,19,25,36,38-39,43H,12-13H2,1-2H3,(H2,33,41)(H,34,42)/t15-,19+,25+,32+/m0/s1. The van der Waals surface area contributed by atoms with Crippen LogP contribution in [0.1, 0.15) is 32.9 Å². The van der Waals surface area contributed by atoms with Gasteiger partial charge in [0.05, 0.1) is 17.9 Å². The van der Waals surface area contributed by atoms with E-state index in [0.717, 1.165) is 0 Å². The first kappa shape index (κ1) is 28.9. The molecule has 0 saturated heterocycles. The molecular formula is C32H29N3O9. The van der Waals surface area contributed by atoms with Crippen molar-refractivity contribution in [1.29, 1.82) is 0 Å². The van der Waals surface area contributed by atoms with Crippen molar-refractivity contribution in [2.45, 2.75) is 24.5 Å². The molecule has 1 heterocycles. The summed E-state index contributed by atoms with van der Waals surface area (Å²) >= 11 is 0. The average Bonchev–Trinajstić information content (AvgIpc) is 3.51. The number of primary amides is 1. The molecule has 7 N–H and O–H groups in total. The SMILES string of the molecule is CN(C)[C@H]1C(O)=C(C(N)=O)C(=O)[C@]2(O)C(O)=C3C(=O)c4c(O)ccc(-c5ccc(NC(=O)c6ccco6)cc5)c4C[C@H]3C[C@H]12. The fourth-order valence-corrected chi connectivity index (χ4v) is 6.85. The third-order valence-corrected chi connectivity index (χ3v) is 8.80. The first-order chi connectivity index (χ1) is 20.9. The Hall–Kier alpha value is -5.20. The number of amides is 2. The van der Waals surface area contributed by atoms with E-state index in [9.17, 15) is 39.6 Å². The molecule has 2 amide bonds. The lowest BCUT2D eigenvalue weighted by Gasteiger charge is -2.50. The zero-order valence-electron chi connectivity index (χ0n) is 23.7. The van der Waals surface area contributed by atoms with Gasteiger partial charge >= 0.3 is 0 Å². The van der Waals surface area contributed by atoms with Gasteiger partial charge in [0, 0.05) is 17.2 Å². The predicted octanol–water partition coefficient (Wildman–Crippen LogP) is 2.63. The molecule has 226 valence electrons. The molecule has 0 radical (unpaired) electrons. The summed E-state index contributed by atoms with van der Waals surface area (Å²) in [5.74, 6) is -7.32. The molecule has 3 aromatic rings. The van der Waals surface area contributed by atoms with Crippen LogP contribution in [0.5, 0.6) is 5.75 Å². The van der Waals surface area contributed by atoms with Crippen LogP contribution >= 0.6 is 0 Å². The number of aliphatic hydroxyl groups is 3. The summed E-state index contributed by atoms with van der Waals surface area (Å²) < 4.78 is 5.12. The molecule has 3 aliphatic carbocycles. The Balaban J connectivity index is 1.41. The molecule has 0 saturated carbocycles. The Morgan fingerprint density at radius 2 is 1.75 bits per heavy atom. The van der Waals surface area contributed by atoms with Crippen LogP contribution in [0.2, 0.25) is 0 Å². The summed E-state index contributed by atoms with van der Waals surface area (Å²) in [4.78, 5) is 53.4. The summed E-state index contributed by atoms with van der Waals surface area (Å²) in [6.45, 7) is 0. The van der Waals surface area contributed by atoms with E-state index in [1.54, 1.807) is 50.5 Å². The van der Waals surface area contributed by atoms with E-state index in [1.807, 2.05) is 0 Å². The monoisotopic (exact) mass is 599 g/mol. The normalized spacial score (nSPS) is 24.6. The van der Waals surface area contributed by atoms with E-state index in [4.69, 9.17) is 10.2 Å². The number of benzene rings is 2. The molecular weight excluding hydrogens is 570 g/mol. The summed E-state index contributed by atoms with van der Waals surface area (Å²) in [7, 11) is 3.15. The van der Waals surface area contributed by atoms with Crippen LogP contribution in [0.4, 0.5) is 5.69 Å². The first-order valence-electron chi connectivity index (χ1n) is 13.8. The number of aliphatic hydroxyl groups excluding tert-OH is 2. The highest BCUT2D eigenvalue weighted by atomic mass is 16.4. The van der Waals surface area contributed by atoms with Gasteiger partial charge in [0.1, 0.15) is 22.8 Å². The number of ketones is 2. The van der Waals surface area contributed by atoms with Gasteiger partial charge in [-0.1, -0.05) is 18.2 Å². The van der Waals surface area contributed by atoms with E-state index in [-0.39, 0.29) is 35.5 Å². The van der Waals surface area contributed by atoms with Crippen molar-refractivity contribution >= 4 is 29.1 Å². The third-order valence-electron chi connectivity index (χ3n) is 8.80. The lowest BCUT2D eigenvalue weighted by molar-refractivity contribution is -0.148. The highest BCUT2D eigenvalue weighted by Crippen LogP contribution is 2.53. The van der Waals surface area contributed by atoms with Crippen LogP contribution in [0.3, 0.4) is 0 Å². The van der Waals surface area contributed by atoms with Gasteiger partial charge in [-0.2, -0.15) is 0 Å². The third kappa shape index (κ3) is 4.13. The smallest absolute Gasteiger partial charge is 0.291 e. The Morgan fingerprint density at radius 3 is 2.36 bits per heavy atom. The van der Waals surface area contributed by atoms with Gasteiger partial charge in [-0.3, -0.25) is 24.1 Å². The van der Waals surface area contributed by atoms with Gasteiger partial charge in [-0.15, -0.1) is 0 Å². The lowest BCUT2D eigenvalue weighted by atomic mass is 9.58. The maximum atomic E-state index is 14.0. The quantitative estimate of drug-likeness (QED) is 0.237. The Morgan fingerprint density at radius 1 is 1.05 bits per heavy atom. The fourth-order valence-electron chi connectivity index (χ4n) is 6.85. The summed E-state index contributed by atoms with van der Waals surface area (Å²) in [5, 5.41) is 47.7. The second kappa shape index (κ2) is 10.2. The molecule has 44 heavy (non-hydrogen) atoms. The number of furan rings is 1. The zero-order chi connectivity index (χ0) is 31.7. The number of phenolic OH excluding ortho intramolecular Hbond substituents is 1. The number of carbonyl (C=O) groups excluding carboxylic acids is 4. The van der Waals surface area contributed by atoms with Crippen LogP contribution in [-0.4, -0.2) is 74.4 Å². The highest BCUT2D eigenvalue weighted by molar-refractivity contribution is 6.25. The van der Waals surface area contributed by atoms with E-state index in [0.29, 0.717) is 22.4 Å². The number of fused-ring (bicyclic) bond motifs is 3. The molecule has 0 fully saturated rings. The first-order valence-corrected chi connectivity index (χ1v) is 13.8. The summed E-state index contributed by atoms with van der Waals surface area (Å²) in [6, 6.07) is 11.9. The van der Waals surface area contributed by atoms with E-state index >= 15 is 0 Å². The number of carbonyl (C=O) groups is 4. The minimum absolute atomic E-state index is 0.0153. The molecule has 1 aromatic heterocycles. The number of nitrogens with one attached hydrogen (secondary N) is 1. The molecule has 0 bridgehead atoms. The van der Waals surface area contributed by atoms with E-state index in [2.05, 4.69) is 5.32 Å². The molecule has 0 unspecified atom stereocenters. The maximum absolute atomic E-state index is 14.0. The molecule has 12 heteroatoms. The topological polar surface area (TPSA) is 204 Å². The van der Waals surface area contributed by atoms with Crippen molar-refractivity contribution < 1.29 is 44.0 Å². The van der Waals surface area contributed by atoms with Crippen molar-refractivity contribution in [2.75, 3.05) is 19.4 Å². The fraction of sp³-hybridized carbons (Fsp3) is 0.250. The Kier molecular flexibility index (Phi) is 6.71. The van der Waals surface area contributed by atoms with Gasteiger partial charge in [0.2, 0.25) is 5.78 Å². The van der Waals surface area contributed by atoms with E-state index in [1.165, 1.54) is 23.3 Å². The number of rotatable bonds is 5. The molecule has 12 nitrogen and oxygen atoms in total. The van der Waals surface area contributed by atoms with Crippen molar-refractivity contribution in [3.63, 3.8) is 0 Å². The second-order valence-electron chi connectivity index (χ2n) is 11.5. The van der Waals surface area contributed by atoms with Gasteiger partial charge in [0.25, 0.3) is 11.8 Å². The Bertz CT molecular complexity index is 1800. The predicted molar refractivity (Wildman–Crippen MR) is 156 cm³/mol. The molecule has 0 aliphatic heterocycles. The van der Waals surface area contributed by atoms with Crippen LogP contribution < -0.4 is 11.1 Å². The number of hydrogen-bond acceptors (Lipinski definition) is 10. The largest absolute Gasteiger partial charge is 0.510 e. The Labute approximate surface area is 250 Å². The van der Waals surface area contributed by atoms with Crippen molar-refractivity contribution in [3.8, 4) is 16.9 Å². The van der Waals surface area contributed by atoms with Gasteiger partial charge in [-0.25, -0.2) is 0 Å². The average molecular weight is 600 g/mol. The minimum atomic E-state index is -2.70. The molecule has 4 atom stereocenters. The lowest BCUT2D eigenvalue weighted by Crippen LogP contribution is -2.63. The number of hydrogen-bond donors (Lipinski definition) is 6. The summed E-state index contributed by atoms with van der Waals surface area (Å²) in [5.41, 5.74) is 3.81. The minimum Gasteiger partial charge on any atom is -0.510 e. The highest BCUT2D eigenvalue weighted by Gasteiger charge is 2.63. The molecule has 3 aliphatic rings. The molecule has 0 spiro atoms. The number of nitrogens with two attached hydrogens (primary N) is 1. The zero-order valence-corrected chi connectivity index (χ0v) is 23.7. The summed E-state index contributed by atoms with van der Waals surface area (Å²) in [6.07, 6.45) is 1.53. The second-order valence-corrected chi connectivity index (χ2v) is 11.5. The van der Waals surface area contributed by atoms with Crippen molar-refractivity contribution in [1.82, 2.24) is 4.90 Å². The van der Waals surface area contributed by atoms with E-state index < -0.39 is 64.0 Å². The number of anilines is 1.